The fraction of sp³-hybridized carbons (Fsp3) is 0.100. The highest BCUT2D eigenvalue weighted by Crippen LogP contribution is 2.38. The molecule has 0 spiro atoms. The molecule has 17 heavy (non-hydrogen) atoms. The summed E-state index contributed by atoms with van der Waals surface area (Å²) in [7, 11) is 0. The Morgan fingerprint density at radius 2 is 1.76 bits per heavy atom. The third-order valence-electron chi connectivity index (χ3n) is 2.23. The highest BCUT2D eigenvalue weighted by atomic mass is 19.4. The maximum atomic E-state index is 12.7. The molecule has 0 aliphatic carbocycles. The number of nitrogen functional groups attached to an aromatic ring is 1. The van der Waals surface area contributed by atoms with Crippen molar-refractivity contribution in [2.75, 3.05) is 5.73 Å². The molecule has 0 saturated carbocycles. The largest absolute Gasteiger partial charge is 0.508 e. The van der Waals surface area contributed by atoms with Crippen LogP contribution in [0.3, 0.4) is 0 Å². The zero-order valence-electron chi connectivity index (χ0n) is 8.42. The predicted molar refractivity (Wildman–Crippen MR) is 55.1 cm³/mol. The van der Waals surface area contributed by atoms with Gasteiger partial charge in [-0.25, -0.2) is 0 Å². The number of halogens is 3. The SMILES string of the molecule is Nc1n[nH]c(C(F)(F)F)c1-c1ccc(O)cc1. The van der Waals surface area contributed by atoms with Gasteiger partial charge in [0.25, 0.3) is 0 Å². The second-order valence-corrected chi connectivity index (χ2v) is 3.40. The van der Waals surface area contributed by atoms with Crippen LogP contribution in [0.2, 0.25) is 0 Å². The zero-order chi connectivity index (χ0) is 12.6. The molecular weight excluding hydrogens is 235 g/mol. The third kappa shape index (κ3) is 2.03. The van der Waals surface area contributed by atoms with Crippen molar-refractivity contribution in [2.24, 2.45) is 0 Å². The number of phenols is 1. The van der Waals surface area contributed by atoms with Gasteiger partial charge in [-0.1, -0.05) is 12.1 Å². The molecule has 2 aromatic rings. The van der Waals surface area contributed by atoms with Crippen LogP contribution in [0.25, 0.3) is 11.1 Å². The van der Waals surface area contributed by atoms with E-state index in [0.717, 1.165) is 0 Å². The van der Waals surface area contributed by atoms with Crippen LogP contribution in [0.15, 0.2) is 24.3 Å². The number of nitrogens with two attached hydrogens (primary N) is 1. The Kier molecular flexibility index (Phi) is 2.45. The Morgan fingerprint density at radius 3 is 2.29 bits per heavy atom. The number of nitrogens with zero attached hydrogens (tertiary/aromatic N) is 1. The van der Waals surface area contributed by atoms with Crippen molar-refractivity contribution in [3.63, 3.8) is 0 Å². The van der Waals surface area contributed by atoms with E-state index in [1.54, 1.807) is 0 Å². The highest BCUT2D eigenvalue weighted by Gasteiger charge is 2.37. The molecule has 0 aliphatic heterocycles. The average Bonchev–Trinajstić information content (AvgIpc) is 2.61. The van der Waals surface area contributed by atoms with E-state index in [0.29, 0.717) is 0 Å². The summed E-state index contributed by atoms with van der Waals surface area (Å²) >= 11 is 0. The molecular formula is C10H8F3N3O. The topological polar surface area (TPSA) is 74.9 Å². The Balaban J connectivity index is 2.59. The summed E-state index contributed by atoms with van der Waals surface area (Å²) in [6.45, 7) is 0. The summed E-state index contributed by atoms with van der Waals surface area (Å²) in [6.07, 6.45) is -4.56. The van der Waals surface area contributed by atoms with Crippen LogP contribution >= 0.6 is 0 Å². The lowest BCUT2D eigenvalue weighted by Crippen LogP contribution is -2.07. The van der Waals surface area contributed by atoms with Gasteiger partial charge in [-0.3, -0.25) is 5.10 Å². The average molecular weight is 243 g/mol. The standard InChI is InChI=1S/C10H8F3N3O/c11-10(12,13)8-7(9(14)16-15-8)5-1-3-6(17)4-2-5/h1-4,17H,(H3,14,15,16). The second kappa shape index (κ2) is 3.69. The molecule has 0 amide bonds. The molecule has 0 bridgehead atoms. The predicted octanol–water partition coefficient (Wildman–Crippen LogP) is 2.38. The first kappa shape index (κ1) is 11.3. The molecule has 1 aromatic heterocycles. The van der Waals surface area contributed by atoms with Crippen molar-refractivity contribution in [2.45, 2.75) is 6.18 Å². The van der Waals surface area contributed by atoms with Gasteiger partial charge in [0.2, 0.25) is 0 Å². The van der Waals surface area contributed by atoms with Gasteiger partial charge in [-0.2, -0.15) is 18.3 Å². The monoisotopic (exact) mass is 243 g/mol. The van der Waals surface area contributed by atoms with Gasteiger partial charge in [0.05, 0.1) is 5.56 Å². The molecule has 2 rings (SSSR count). The number of alkyl halides is 3. The van der Waals surface area contributed by atoms with Crippen molar-refractivity contribution in [1.29, 1.82) is 0 Å². The summed E-state index contributed by atoms with van der Waals surface area (Å²) in [5.41, 5.74) is 4.43. The van der Waals surface area contributed by atoms with Crippen LogP contribution in [0.5, 0.6) is 5.75 Å². The van der Waals surface area contributed by atoms with Gasteiger partial charge in [-0.05, 0) is 17.7 Å². The molecule has 4 nitrogen and oxygen atoms in total. The van der Waals surface area contributed by atoms with E-state index in [2.05, 4.69) is 5.10 Å². The minimum atomic E-state index is -4.56. The number of hydrogen-bond donors (Lipinski definition) is 3. The Labute approximate surface area is 93.9 Å². The van der Waals surface area contributed by atoms with Crippen molar-refractivity contribution < 1.29 is 18.3 Å². The first-order valence-electron chi connectivity index (χ1n) is 4.60. The lowest BCUT2D eigenvalue weighted by atomic mass is 10.1. The molecule has 0 radical (unpaired) electrons. The number of aromatic hydroxyl groups is 1. The number of H-pyrrole nitrogens is 1. The van der Waals surface area contributed by atoms with E-state index in [-0.39, 0.29) is 22.7 Å². The highest BCUT2D eigenvalue weighted by molar-refractivity contribution is 5.76. The molecule has 0 atom stereocenters. The van der Waals surface area contributed by atoms with E-state index >= 15 is 0 Å². The fourth-order valence-corrected chi connectivity index (χ4v) is 1.48. The van der Waals surface area contributed by atoms with Crippen LogP contribution in [0, 0.1) is 0 Å². The van der Waals surface area contributed by atoms with E-state index in [1.165, 1.54) is 24.3 Å². The molecule has 4 N–H and O–H groups in total. The van der Waals surface area contributed by atoms with Gasteiger partial charge in [-0.15, -0.1) is 0 Å². The molecule has 0 fully saturated rings. The fourth-order valence-electron chi connectivity index (χ4n) is 1.48. The molecule has 1 heterocycles. The van der Waals surface area contributed by atoms with E-state index < -0.39 is 11.9 Å². The van der Waals surface area contributed by atoms with Gasteiger partial charge in [0, 0.05) is 0 Å². The summed E-state index contributed by atoms with van der Waals surface area (Å²) in [5.74, 6) is -0.271. The maximum Gasteiger partial charge on any atom is 0.433 e. The summed E-state index contributed by atoms with van der Waals surface area (Å²) in [4.78, 5) is 0. The van der Waals surface area contributed by atoms with Crippen molar-refractivity contribution >= 4 is 5.82 Å². The Bertz CT molecular complexity index is 531. The minimum Gasteiger partial charge on any atom is -0.508 e. The Morgan fingerprint density at radius 1 is 1.18 bits per heavy atom. The van der Waals surface area contributed by atoms with Crippen LogP contribution in [-0.2, 0) is 6.18 Å². The van der Waals surface area contributed by atoms with Gasteiger partial charge in [0.1, 0.15) is 11.4 Å². The van der Waals surface area contributed by atoms with Crippen molar-refractivity contribution in [3.05, 3.63) is 30.0 Å². The quantitative estimate of drug-likeness (QED) is 0.719. The van der Waals surface area contributed by atoms with Gasteiger partial charge >= 0.3 is 6.18 Å². The molecule has 90 valence electrons. The zero-order valence-corrected chi connectivity index (χ0v) is 8.42. The van der Waals surface area contributed by atoms with Crippen LogP contribution in [0.4, 0.5) is 19.0 Å². The minimum absolute atomic E-state index is 0.0376. The number of anilines is 1. The van der Waals surface area contributed by atoms with Crippen molar-refractivity contribution in [1.82, 2.24) is 10.2 Å². The number of rotatable bonds is 1. The second-order valence-electron chi connectivity index (χ2n) is 3.40. The lowest BCUT2D eigenvalue weighted by Gasteiger charge is -2.07. The van der Waals surface area contributed by atoms with E-state index in [1.807, 2.05) is 5.10 Å². The molecule has 7 heteroatoms. The number of aromatic nitrogens is 2. The summed E-state index contributed by atoms with van der Waals surface area (Å²) in [5, 5.41) is 14.3. The number of phenolic OH excluding ortho intramolecular Hbond substituents is 1. The molecule has 1 aromatic carbocycles. The van der Waals surface area contributed by atoms with Crippen LogP contribution in [0.1, 0.15) is 5.69 Å². The summed E-state index contributed by atoms with van der Waals surface area (Å²) in [6, 6.07) is 5.24. The number of nitrogens with one attached hydrogen (secondary N) is 1. The normalized spacial score (nSPS) is 11.7. The molecule has 0 saturated heterocycles. The van der Waals surface area contributed by atoms with Crippen LogP contribution in [-0.4, -0.2) is 15.3 Å². The number of hydrogen-bond acceptors (Lipinski definition) is 3. The first-order valence-corrected chi connectivity index (χ1v) is 4.60. The molecule has 0 unspecified atom stereocenters. The maximum absolute atomic E-state index is 12.7. The van der Waals surface area contributed by atoms with Crippen molar-refractivity contribution in [3.8, 4) is 16.9 Å². The van der Waals surface area contributed by atoms with E-state index in [4.69, 9.17) is 10.8 Å². The third-order valence-corrected chi connectivity index (χ3v) is 2.23. The number of benzene rings is 1. The number of aromatic amines is 1. The Hall–Kier alpha value is -2.18. The summed E-state index contributed by atoms with van der Waals surface area (Å²) < 4.78 is 38.0. The van der Waals surface area contributed by atoms with Crippen LogP contribution < -0.4 is 5.73 Å². The first-order chi connectivity index (χ1) is 7.89. The molecule has 0 aliphatic rings. The van der Waals surface area contributed by atoms with E-state index in [9.17, 15) is 13.2 Å². The lowest BCUT2D eigenvalue weighted by molar-refractivity contribution is -0.140. The van der Waals surface area contributed by atoms with Gasteiger partial charge < -0.3 is 10.8 Å². The van der Waals surface area contributed by atoms with Gasteiger partial charge in [0.15, 0.2) is 5.82 Å². The smallest absolute Gasteiger partial charge is 0.433 e.